The summed E-state index contributed by atoms with van der Waals surface area (Å²) in [5.41, 5.74) is 4.12. The van der Waals surface area contributed by atoms with Gasteiger partial charge in [-0.1, -0.05) is 29.8 Å². The highest BCUT2D eigenvalue weighted by atomic mass is 35.5. The molecule has 0 fully saturated rings. The first kappa shape index (κ1) is 19.3. The van der Waals surface area contributed by atoms with Gasteiger partial charge in [0.25, 0.3) is 0 Å². The van der Waals surface area contributed by atoms with Crippen LogP contribution < -0.4 is 5.32 Å². The third kappa shape index (κ3) is 5.51. The van der Waals surface area contributed by atoms with Gasteiger partial charge in [0, 0.05) is 5.75 Å². The topological polar surface area (TPSA) is 55.4 Å². The lowest BCUT2D eigenvalue weighted by Crippen LogP contribution is -2.15. The van der Waals surface area contributed by atoms with Crippen molar-refractivity contribution in [2.45, 2.75) is 19.6 Å². The zero-order chi connectivity index (χ0) is 18.4. The zero-order valence-electron chi connectivity index (χ0n) is 14.4. The van der Waals surface area contributed by atoms with E-state index < -0.39 is 0 Å². The van der Waals surface area contributed by atoms with Crippen LogP contribution >= 0.6 is 23.4 Å². The summed E-state index contributed by atoms with van der Waals surface area (Å²) in [6.45, 7) is 3.88. The van der Waals surface area contributed by atoms with E-state index in [1.54, 1.807) is 18.2 Å². The number of thioether (sulfide) groups is 1. The van der Waals surface area contributed by atoms with Gasteiger partial charge in [-0.25, -0.2) is 4.79 Å². The first-order valence-corrected chi connectivity index (χ1v) is 9.25. The molecule has 0 saturated carbocycles. The number of anilines is 1. The molecule has 0 aliphatic rings. The smallest absolute Gasteiger partial charge is 0.337 e. The lowest BCUT2D eigenvalue weighted by Gasteiger charge is -2.11. The second-order valence-corrected chi connectivity index (χ2v) is 7.06. The largest absolute Gasteiger partial charge is 0.465 e. The van der Waals surface area contributed by atoms with E-state index in [9.17, 15) is 9.59 Å². The number of halogens is 1. The van der Waals surface area contributed by atoms with Crippen molar-refractivity contribution in [3.63, 3.8) is 0 Å². The fraction of sp³-hybridized carbons (Fsp3) is 0.263. The summed E-state index contributed by atoms with van der Waals surface area (Å²) < 4.78 is 4.71. The quantitative estimate of drug-likeness (QED) is 0.746. The fourth-order valence-electron chi connectivity index (χ4n) is 2.42. The molecule has 132 valence electrons. The van der Waals surface area contributed by atoms with Gasteiger partial charge in [0.15, 0.2) is 0 Å². The standard InChI is InChI=1S/C19H20ClNO3S/c1-12-7-13(2)18(16(20)8-12)21-17(22)11-25-10-14-5-4-6-15(9-14)19(23)24-3/h4-9H,10-11H2,1-3H3,(H,21,22). The molecule has 1 amide bonds. The number of methoxy groups -OCH3 is 1. The fourth-order valence-corrected chi connectivity index (χ4v) is 3.56. The Hall–Kier alpha value is -1.98. The molecule has 2 aromatic rings. The Kier molecular flexibility index (Phi) is 6.91. The number of esters is 1. The van der Waals surface area contributed by atoms with Crippen LogP contribution in [-0.2, 0) is 15.3 Å². The average molecular weight is 378 g/mol. The van der Waals surface area contributed by atoms with Crippen molar-refractivity contribution < 1.29 is 14.3 Å². The van der Waals surface area contributed by atoms with Gasteiger partial charge in [0.2, 0.25) is 5.91 Å². The number of ether oxygens (including phenoxy) is 1. The Bertz CT molecular complexity index is 769. The Morgan fingerprint density at radius 2 is 1.96 bits per heavy atom. The summed E-state index contributed by atoms with van der Waals surface area (Å²) in [5.74, 6) is 0.447. The molecule has 0 aromatic heterocycles. The molecule has 4 nitrogen and oxygen atoms in total. The first-order chi connectivity index (χ1) is 11.9. The van der Waals surface area contributed by atoms with Gasteiger partial charge in [-0.3, -0.25) is 4.79 Å². The van der Waals surface area contributed by atoms with Gasteiger partial charge in [0.05, 0.1) is 29.1 Å². The number of rotatable bonds is 6. The van der Waals surface area contributed by atoms with Gasteiger partial charge in [0.1, 0.15) is 0 Å². The van der Waals surface area contributed by atoms with Crippen molar-refractivity contribution >= 4 is 40.9 Å². The third-order valence-corrected chi connectivity index (χ3v) is 4.85. The van der Waals surface area contributed by atoms with Gasteiger partial charge < -0.3 is 10.1 Å². The molecule has 0 bridgehead atoms. The molecule has 1 N–H and O–H groups in total. The summed E-state index contributed by atoms with van der Waals surface area (Å²) in [5, 5.41) is 3.41. The van der Waals surface area contributed by atoms with Crippen LogP contribution in [0, 0.1) is 13.8 Å². The van der Waals surface area contributed by atoms with Crippen molar-refractivity contribution in [3.8, 4) is 0 Å². The number of benzene rings is 2. The predicted molar refractivity (Wildman–Crippen MR) is 103 cm³/mol. The average Bonchev–Trinajstić information content (AvgIpc) is 2.57. The van der Waals surface area contributed by atoms with E-state index >= 15 is 0 Å². The molecule has 0 atom stereocenters. The number of aryl methyl sites for hydroxylation is 2. The van der Waals surface area contributed by atoms with Gasteiger partial charge in [-0.2, -0.15) is 0 Å². The SMILES string of the molecule is COC(=O)c1cccc(CSCC(=O)Nc2c(C)cc(C)cc2Cl)c1. The Morgan fingerprint density at radius 3 is 2.64 bits per heavy atom. The van der Waals surface area contributed by atoms with E-state index in [1.165, 1.54) is 18.9 Å². The van der Waals surface area contributed by atoms with Crippen LogP contribution in [0.3, 0.4) is 0 Å². The Balaban J connectivity index is 1.90. The van der Waals surface area contributed by atoms with Crippen LogP contribution in [0.2, 0.25) is 5.02 Å². The molecule has 0 aliphatic heterocycles. The van der Waals surface area contributed by atoms with E-state index in [4.69, 9.17) is 16.3 Å². The van der Waals surface area contributed by atoms with Gasteiger partial charge >= 0.3 is 5.97 Å². The minimum atomic E-state index is -0.367. The second kappa shape index (κ2) is 8.92. The van der Waals surface area contributed by atoms with E-state index in [-0.39, 0.29) is 11.9 Å². The molecule has 0 saturated heterocycles. The second-order valence-electron chi connectivity index (χ2n) is 5.67. The van der Waals surface area contributed by atoms with Crippen LogP contribution in [0.1, 0.15) is 27.0 Å². The van der Waals surface area contributed by atoms with E-state index in [0.29, 0.717) is 27.8 Å². The molecule has 0 unspecified atom stereocenters. The van der Waals surface area contributed by atoms with Gasteiger partial charge in [-0.05, 0) is 48.7 Å². The van der Waals surface area contributed by atoms with Crippen molar-refractivity contribution in [1.29, 1.82) is 0 Å². The zero-order valence-corrected chi connectivity index (χ0v) is 16.0. The van der Waals surface area contributed by atoms with Crippen molar-refractivity contribution in [2.75, 3.05) is 18.2 Å². The van der Waals surface area contributed by atoms with Crippen LogP contribution in [-0.4, -0.2) is 24.7 Å². The maximum atomic E-state index is 12.1. The summed E-state index contributed by atoms with van der Waals surface area (Å²) in [4.78, 5) is 23.7. The summed E-state index contributed by atoms with van der Waals surface area (Å²) in [7, 11) is 1.35. The number of hydrogen-bond acceptors (Lipinski definition) is 4. The molecule has 2 rings (SSSR count). The molecule has 2 aromatic carbocycles. The first-order valence-electron chi connectivity index (χ1n) is 7.72. The molecule has 0 heterocycles. The van der Waals surface area contributed by atoms with E-state index in [0.717, 1.165) is 16.7 Å². The van der Waals surface area contributed by atoms with Gasteiger partial charge in [-0.15, -0.1) is 11.8 Å². The summed E-state index contributed by atoms with van der Waals surface area (Å²) in [6.07, 6.45) is 0. The highest BCUT2D eigenvalue weighted by Gasteiger charge is 2.10. The molecular formula is C19H20ClNO3S. The minimum Gasteiger partial charge on any atom is -0.465 e. The third-order valence-electron chi connectivity index (χ3n) is 3.55. The summed E-state index contributed by atoms with van der Waals surface area (Å²) >= 11 is 7.67. The van der Waals surface area contributed by atoms with Crippen molar-refractivity contribution in [1.82, 2.24) is 0 Å². The monoisotopic (exact) mass is 377 g/mol. The molecule has 0 aliphatic carbocycles. The van der Waals surface area contributed by atoms with E-state index in [1.807, 2.05) is 32.0 Å². The van der Waals surface area contributed by atoms with Crippen LogP contribution in [0.25, 0.3) is 0 Å². The van der Waals surface area contributed by atoms with Crippen LogP contribution in [0.15, 0.2) is 36.4 Å². The van der Waals surface area contributed by atoms with Crippen molar-refractivity contribution in [2.24, 2.45) is 0 Å². The maximum Gasteiger partial charge on any atom is 0.337 e. The van der Waals surface area contributed by atoms with Crippen LogP contribution in [0.5, 0.6) is 0 Å². The molecular weight excluding hydrogens is 358 g/mol. The van der Waals surface area contributed by atoms with Crippen LogP contribution in [0.4, 0.5) is 5.69 Å². The molecule has 0 radical (unpaired) electrons. The lowest BCUT2D eigenvalue weighted by molar-refractivity contribution is -0.113. The molecule has 0 spiro atoms. The highest BCUT2D eigenvalue weighted by molar-refractivity contribution is 7.99. The normalized spacial score (nSPS) is 10.4. The maximum absolute atomic E-state index is 12.1. The Morgan fingerprint density at radius 1 is 1.20 bits per heavy atom. The number of carbonyl (C=O) groups excluding carboxylic acids is 2. The number of carbonyl (C=O) groups is 2. The highest BCUT2D eigenvalue weighted by Crippen LogP contribution is 2.27. The van der Waals surface area contributed by atoms with E-state index in [2.05, 4.69) is 5.32 Å². The number of nitrogens with one attached hydrogen (secondary N) is 1. The van der Waals surface area contributed by atoms with Crippen molar-refractivity contribution in [3.05, 3.63) is 63.7 Å². The Labute approximate surface area is 156 Å². The number of amides is 1. The molecule has 6 heteroatoms. The predicted octanol–water partition coefficient (Wildman–Crippen LogP) is 4.62. The lowest BCUT2D eigenvalue weighted by atomic mass is 10.1. The molecule has 25 heavy (non-hydrogen) atoms. The number of hydrogen-bond donors (Lipinski definition) is 1. The summed E-state index contributed by atoms with van der Waals surface area (Å²) in [6, 6.07) is 11.0. The minimum absolute atomic E-state index is 0.108.